The number of likely N-dealkylation sites (tertiary alicyclic amines) is 1. The standard InChI is InChI=1S/C15H22ClFN2O2S/c1-18(22(2,20)21)9-13-4-3-7-19(11-13)10-12-5-6-14(16)15(17)8-12/h5-6,8,13H,3-4,7,9-11H2,1-2H3/t13-/m1/s1. The van der Waals surface area contributed by atoms with Crippen LogP contribution in [0.2, 0.25) is 5.02 Å². The van der Waals surface area contributed by atoms with Gasteiger partial charge in [0.2, 0.25) is 10.0 Å². The monoisotopic (exact) mass is 348 g/mol. The topological polar surface area (TPSA) is 40.6 Å². The highest BCUT2D eigenvalue weighted by molar-refractivity contribution is 7.88. The summed E-state index contributed by atoms with van der Waals surface area (Å²) in [5, 5.41) is 0.134. The fourth-order valence-corrected chi connectivity index (χ4v) is 3.44. The van der Waals surface area contributed by atoms with Crippen molar-refractivity contribution in [1.82, 2.24) is 9.21 Å². The fraction of sp³-hybridized carbons (Fsp3) is 0.600. The number of nitrogens with zero attached hydrogens (tertiary/aromatic N) is 2. The van der Waals surface area contributed by atoms with Gasteiger partial charge in [0.25, 0.3) is 0 Å². The summed E-state index contributed by atoms with van der Waals surface area (Å²) in [7, 11) is -1.52. The molecule has 1 heterocycles. The molecule has 2 rings (SSSR count). The highest BCUT2D eigenvalue weighted by Crippen LogP contribution is 2.22. The molecule has 1 aliphatic rings. The van der Waals surface area contributed by atoms with Crippen molar-refractivity contribution < 1.29 is 12.8 Å². The second kappa shape index (κ2) is 7.25. The van der Waals surface area contributed by atoms with Crippen LogP contribution < -0.4 is 0 Å². The largest absolute Gasteiger partial charge is 0.299 e. The van der Waals surface area contributed by atoms with Crippen LogP contribution in [0.4, 0.5) is 4.39 Å². The fourth-order valence-electron chi connectivity index (χ4n) is 2.84. The van der Waals surface area contributed by atoms with Crippen LogP contribution in [0.1, 0.15) is 18.4 Å². The van der Waals surface area contributed by atoms with Crippen LogP contribution in [-0.2, 0) is 16.6 Å². The third-order valence-corrected chi connectivity index (χ3v) is 5.66. The summed E-state index contributed by atoms with van der Waals surface area (Å²) in [5.41, 5.74) is 0.888. The van der Waals surface area contributed by atoms with Crippen LogP contribution in [0.3, 0.4) is 0 Å². The minimum atomic E-state index is -3.14. The Morgan fingerprint density at radius 1 is 1.45 bits per heavy atom. The lowest BCUT2D eigenvalue weighted by atomic mass is 9.97. The molecule has 124 valence electrons. The summed E-state index contributed by atoms with van der Waals surface area (Å²) in [6.07, 6.45) is 3.27. The number of hydrogen-bond donors (Lipinski definition) is 0. The predicted octanol–water partition coefficient (Wildman–Crippen LogP) is 2.58. The first-order valence-corrected chi connectivity index (χ1v) is 9.56. The average Bonchev–Trinajstić information content (AvgIpc) is 2.42. The first kappa shape index (κ1) is 17.7. The molecule has 1 atom stereocenters. The maximum absolute atomic E-state index is 13.5. The molecule has 0 radical (unpaired) electrons. The zero-order chi connectivity index (χ0) is 16.3. The van der Waals surface area contributed by atoms with Gasteiger partial charge in [-0.15, -0.1) is 0 Å². The number of halogens is 2. The Hall–Kier alpha value is -0.690. The van der Waals surface area contributed by atoms with E-state index < -0.39 is 15.8 Å². The van der Waals surface area contributed by atoms with Gasteiger partial charge in [-0.05, 0) is 43.0 Å². The van der Waals surface area contributed by atoms with E-state index in [-0.39, 0.29) is 5.02 Å². The van der Waals surface area contributed by atoms with Gasteiger partial charge in [-0.25, -0.2) is 17.1 Å². The smallest absolute Gasteiger partial charge is 0.210 e. The molecule has 1 saturated heterocycles. The second-order valence-electron chi connectivity index (χ2n) is 6.04. The molecular formula is C15H22ClFN2O2S. The number of piperidine rings is 1. The molecule has 0 amide bonds. The van der Waals surface area contributed by atoms with E-state index in [9.17, 15) is 12.8 Å². The molecule has 0 unspecified atom stereocenters. The van der Waals surface area contributed by atoms with Gasteiger partial charge < -0.3 is 0 Å². The van der Waals surface area contributed by atoms with Gasteiger partial charge in [0.05, 0.1) is 11.3 Å². The SMILES string of the molecule is CN(C[C@H]1CCCN(Cc2ccc(Cl)c(F)c2)C1)S(C)(=O)=O. The van der Waals surface area contributed by atoms with Gasteiger partial charge in [0.1, 0.15) is 5.82 Å². The Kier molecular flexibility index (Phi) is 5.82. The van der Waals surface area contributed by atoms with Crippen LogP contribution >= 0.6 is 11.6 Å². The van der Waals surface area contributed by atoms with E-state index in [1.54, 1.807) is 13.1 Å². The van der Waals surface area contributed by atoms with Crippen LogP contribution in [-0.4, -0.2) is 50.6 Å². The molecule has 4 nitrogen and oxygen atoms in total. The normalized spacial score (nSPS) is 20.5. The minimum absolute atomic E-state index is 0.134. The number of rotatable bonds is 5. The lowest BCUT2D eigenvalue weighted by Gasteiger charge is -2.34. The zero-order valence-electron chi connectivity index (χ0n) is 12.9. The van der Waals surface area contributed by atoms with Gasteiger partial charge in [-0.1, -0.05) is 17.7 Å². The second-order valence-corrected chi connectivity index (χ2v) is 8.53. The first-order chi connectivity index (χ1) is 10.3. The van der Waals surface area contributed by atoms with Crippen molar-refractivity contribution in [3.05, 3.63) is 34.6 Å². The maximum Gasteiger partial charge on any atom is 0.210 e. The van der Waals surface area contributed by atoms with Crippen molar-refractivity contribution in [3.63, 3.8) is 0 Å². The van der Waals surface area contributed by atoms with Gasteiger partial charge in [0.15, 0.2) is 0 Å². The van der Waals surface area contributed by atoms with Gasteiger partial charge in [0, 0.05) is 26.7 Å². The maximum atomic E-state index is 13.5. The Morgan fingerprint density at radius 2 is 2.18 bits per heavy atom. The van der Waals surface area contributed by atoms with E-state index in [4.69, 9.17) is 11.6 Å². The summed E-state index contributed by atoms with van der Waals surface area (Å²) in [6, 6.07) is 4.87. The summed E-state index contributed by atoms with van der Waals surface area (Å²) >= 11 is 5.70. The van der Waals surface area contributed by atoms with E-state index in [2.05, 4.69) is 4.90 Å². The first-order valence-electron chi connectivity index (χ1n) is 7.33. The molecule has 0 bridgehead atoms. The molecule has 22 heavy (non-hydrogen) atoms. The number of hydrogen-bond acceptors (Lipinski definition) is 3. The third-order valence-electron chi connectivity index (χ3n) is 4.07. The van der Waals surface area contributed by atoms with Crippen molar-refractivity contribution in [3.8, 4) is 0 Å². The molecule has 0 aliphatic carbocycles. The summed E-state index contributed by atoms with van der Waals surface area (Å²) in [4.78, 5) is 2.24. The molecule has 1 aromatic rings. The molecule has 0 aromatic heterocycles. The number of sulfonamides is 1. The molecule has 7 heteroatoms. The van der Waals surface area contributed by atoms with E-state index in [0.29, 0.717) is 19.0 Å². The molecule has 1 aliphatic heterocycles. The van der Waals surface area contributed by atoms with E-state index in [1.807, 2.05) is 6.07 Å². The summed E-state index contributed by atoms with van der Waals surface area (Å²) in [6.45, 7) is 2.96. The quantitative estimate of drug-likeness (QED) is 0.821. The Balaban J connectivity index is 1.94. The zero-order valence-corrected chi connectivity index (χ0v) is 14.5. The van der Waals surface area contributed by atoms with E-state index in [1.165, 1.54) is 16.6 Å². The molecule has 1 fully saturated rings. The van der Waals surface area contributed by atoms with Crippen LogP contribution in [0, 0.1) is 11.7 Å². The van der Waals surface area contributed by atoms with E-state index >= 15 is 0 Å². The van der Waals surface area contributed by atoms with Crippen molar-refractivity contribution >= 4 is 21.6 Å². The molecule has 0 spiro atoms. The highest BCUT2D eigenvalue weighted by atomic mass is 35.5. The van der Waals surface area contributed by atoms with Crippen LogP contribution in [0.25, 0.3) is 0 Å². The van der Waals surface area contributed by atoms with Gasteiger partial charge in [-0.3, -0.25) is 4.90 Å². The average molecular weight is 349 g/mol. The lowest BCUT2D eigenvalue weighted by Crippen LogP contribution is -2.41. The summed E-state index contributed by atoms with van der Waals surface area (Å²) < 4.78 is 37.9. The van der Waals surface area contributed by atoms with Gasteiger partial charge in [-0.2, -0.15) is 0 Å². The molecule has 1 aromatic carbocycles. The van der Waals surface area contributed by atoms with Crippen molar-refractivity contribution in [2.75, 3.05) is 32.9 Å². The van der Waals surface area contributed by atoms with Crippen LogP contribution in [0.15, 0.2) is 18.2 Å². The Bertz CT molecular complexity index is 624. The van der Waals surface area contributed by atoms with Crippen molar-refractivity contribution in [1.29, 1.82) is 0 Å². The minimum Gasteiger partial charge on any atom is -0.299 e. The number of benzene rings is 1. The van der Waals surface area contributed by atoms with Gasteiger partial charge >= 0.3 is 0 Å². The lowest BCUT2D eigenvalue weighted by molar-refractivity contribution is 0.155. The summed E-state index contributed by atoms with van der Waals surface area (Å²) in [5.74, 6) is -0.0878. The van der Waals surface area contributed by atoms with E-state index in [0.717, 1.165) is 31.5 Å². The third kappa shape index (κ3) is 4.91. The van der Waals surface area contributed by atoms with Crippen molar-refractivity contribution in [2.24, 2.45) is 5.92 Å². The molecule has 0 N–H and O–H groups in total. The van der Waals surface area contributed by atoms with Crippen LogP contribution in [0.5, 0.6) is 0 Å². The molecule has 0 saturated carbocycles. The van der Waals surface area contributed by atoms with Crippen molar-refractivity contribution in [2.45, 2.75) is 19.4 Å². The predicted molar refractivity (Wildman–Crippen MR) is 86.9 cm³/mol. The Morgan fingerprint density at radius 3 is 2.82 bits per heavy atom. The molecular weight excluding hydrogens is 327 g/mol. The highest BCUT2D eigenvalue weighted by Gasteiger charge is 2.23. The Labute approximate surface area is 136 Å².